The van der Waals surface area contributed by atoms with E-state index in [-0.39, 0.29) is 0 Å². The predicted molar refractivity (Wildman–Crippen MR) is 92.9 cm³/mol. The zero-order valence-corrected chi connectivity index (χ0v) is 13.6. The van der Waals surface area contributed by atoms with Gasteiger partial charge < -0.3 is 19.8 Å². The lowest BCUT2D eigenvalue weighted by molar-refractivity contribution is 0.322. The lowest BCUT2D eigenvalue weighted by Crippen LogP contribution is -2.40. The molecule has 2 N–H and O–H groups in total. The fourth-order valence-electron chi connectivity index (χ4n) is 2.01. The van der Waals surface area contributed by atoms with Gasteiger partial charge in [-0.3, -0.25) is 4.99 Å². The Bertz CT molecular complexity index is 553. The fourth-order valence-corrected chi connectivity index (χ4v) is 2.01. The minimum atomic E-state index is 0.592. The van der Waals surface area contributed by atoms with Crippen molar-refractivity contribution in [2.45, 2.75) is 19.8 Å². The number of para-hydroxylation sites is 1. The Balaban J connectivity index is 1.68. The van der Waals surface area contributed by atoms with Crippen LogP contribution < -0.4 is 15.4 Å². The first-order valence-corrected chi connectivity index (χ1v) is 8.11. The number of nitrogens with zero attached hydrogens (tertiary/aromatic N) is 1. The second-order valence-corrected chi connectivity index (χ2v) is 5.07. The molecular formula is C18H25N3O2. The minimum absolute atomic E-state index is 0.592. The monoisotopic (exact) mass is 315 g/mol. The largest absolute Gasteiger partial charge is 0.492 e. The molecule has 0 radical (unpaired) electrons. The van der Waals surface area contributed by atoms with E-state index in [0.29, 0.717) is 13.2 Å². The summed E-state index contributed by atoms with van der Waals surface area (Å²) in [5, 5.41) is 6.60. The summed E-state index contributed by atoms with van der Waals surface area (Å²) in [5.74, 6) is 2.67. The van der Waals surface area contributed by atoms with Crippen LogP contribution in [0.3, 0.4) is 0 Å². The first kappa shape index (κ1) is 16.9. The number of nitrogens with one attached hydrogen (secondary N) is 2. The van der Waals surface area contributed by atoms with Gasteiger partial charge in [-0.2, -0.15) is 0 Å². The molecule has 0 saturated heterocycles. The molecule has 0 bridgehead atoms. The van der Waals surface area contributed by atoms with Crippen LogP contribution >= 0.6 is 0 Å². The first-order valence-electron chi connectivity index (χ1n) is 8.11. The van der Waals surface area contributed by atoms with Crippen LogP contribution in [0, 0.1) is 0 Å². The summed E-state index contributed by atoms with van der Waals surface area (Å²) < 4.78 is 11.0. The SMILES string of the molecule is CCCN=C(NCCOc1ccccc1)NCCc1ccco1. The topological polar surface area (TPSA) is 58.8 Å². The van der Waals surface area contributed by atoms with Gasteiger partial charge in [0.25, 0.3) is 0 Å². The number of aliphatic imine (C=N–C) groups is 1. The molecule has 1 aromatic heterocycles. The Morgan fingerprint density at radius 1 is 1.09 bits per heavy atom. The Labute approximate surface area is 137 Å². The molecule has 2 rings (SSSR count). The smallest absolute Gasteiger partial charge is 0.191 e. The van der Waals surface area contributed by atoms with Crippen molar-refractivity contribution >= 4 is 5.96 Å². The molecule has 2 aromatic rings. The molecule has 0 aliphatic heterocycles. The second-order valence-electron chi connectivity index (χ2n) is 5.07. The van der Waals surface area contributed by atoms with Crippen LogP contribution in [0.5, 0.6) is 5.75 Å². The normalized spacial score (nSPS) is 11.3. The fraction of sp³-hybridized carbons (Fsp3) is 0.389. The Morgan fingerprint density at radius 3 is 2.65 bits per heavy atom. The maximum atomic E-state index is 5.66. The van der Waals surface area contributed by atoms with Crippen LogP contribution in [0.1, 0.15) is 19.1 Å². The summed E-state index contributed by atoms with van der Waals surface area (Å²) in [6.45, 7) is 4.99. The van der Waals surface area contributed by atoms with Crippen molar-refractivity contribution in [3.63, 3.8) is 0 Å². The highest BCUT2D eigenvalue weighted by Crippen LogP contribution is 2.07. The highest BCUT2D eigenvalue weighted by Gasteiger charge is 2.00. The number of rotatable bonds is 9. The number of hydrogen-bond donors (Lipinski definition) is 2. The molecule has 124 valence electrons. The molecule has 0 amide bonds. The Morgan fingerprint density at radius 2 is 1.91 bits per heavy atom. The summed E-state index contributed by atoms with van der Waals surface area (Å²) >= 11 is 0. The van der Waals surface area contributed by atoms with Crippen molar-refractivity contribution < 1.29 is 9.15 Å². The molecule has 0 spiro atoms. The van der Waals surface area contributed by atoms with Crippen molar-refractivity contribution in [3.8, 4) is 5.75 Å². The van der Waals surface area contributed by atoms with E-state index in [4.69, 9.17) is 9.15 Å². The van der Waals surface area contributed by atoms with Crippen molar-refractivity contribution in [2.75, 3.05) is 26.2 Å². The van der Waals surface area contributed by atoms with E-state index < -0.39 is 0 Å². The van der Waals surface area contributed by atoms with Crippen LogP contribution in [-0.2, 0) is 6.42 Å². The van der Waals surface area contributed by atoms with Gasteiger partial charge in [-0.15, -0.1) is 0 Å². The number of guanidine groups is 1. The summed E-state index contributed by atoms with van der Waals surface area (Å²) in [4.78, 5) is 4.51. The lowest BCUT2D eigenvalue weighted by atomic mass is 10.3. The molecule has 0 fully saturated rings. The van der Waals surface area contributed by atoms with Gasteiger partial charge in [-0.05, 0) is 30.7 Å². The minimum Gasteiger partial charge on any atom is -0.492 e. The molecule has 0 unspecified atom stereocenters. The maximum Gasteiger partial charge on any atom is 0.191 e. The van der Waals surface area contributed by atoms with Gasteiger partial charge in [0.1, 0.15) is 18.1 Å². The average Bonchev–Trinajstić information content (AvgIpc) is 3.10. The van der Waals surface area contributed by atoms with Crippen molar-refractivity contribution in [1.29, 1.82) is 0 Å². The number of benzene rings is 1. The van der Waals surface area contributed by atoms with E-state index >= 15 is 0 Å². The summed E-state index contributed by atoms with van der Waals surface area (Å²) in [7, 11) is 0. The molecule has 0 aliphatic carbocycles. The van der Waals surface area contributed by atoms with E-state index in [9.17, 15) is 0 Å². The van der Waals surface area contributed by atoms with Crippen LogP contribution in [0.4, 0.5) is 0 Å². The second kappa shape index (κ2) is 10.3. The summed E-state index contributed by atoms with van der Waals surface area (Å²) in [6.07, 6.45) is 3.55. The number of furan rings is 1. The molecular weight excluding hydrogens is 290 g/mol. The van der Waals surface area contributed by atoms with Crippen LogP contribution in [0.15, 0.2) is 58.1 Å². The van der Waals surface area contributed by atoms with E-state index in [1.54, 1.807) is 6.26 Å². The molecule has 23 heavy (non-hydrogen) atoms. The third-order valence-electron chi connectivity index (χ3n) is 3.14. The first-order chi connectivity index (χ1) is 11.4. The van der Waals surface area contributed by atoms with Gasteiger partial charge in [-0.25, -0.2) is 0 Å². The number of ether oxygens (including phenoxy) is 1. The van der Waals surface area contributed by atoms with Crippen molar-refractivity contribution in [1.82, 2.24) is 10.6 Å². The highest BCUT2D eigenvalue weighted by molar-refractivity contribution is 5.79. The molecule has 0 aliphatic rings. The molecule has 0 saturated carbocycles. The van der Waals surface area contributed by atoms with Gasteiger partial charge in [0, 0.05) is 19.5 Å². The zero-order valence-electron chi connectivity index (χ0n) is 13.6. The third-order valence-corrected chi connectivity index (χ3v) is 3.14. The van der Waals surface area contributed by atoms with E-state index in [2.05, 4.69) is 22.5 Å². The number of hydrogen-bond acceptors (Lipinski definition) is 3. The standard InChI is InChI=1S/C18H25N3O2/c1-2-11-19-18(20-12-10-17-9-6-14-22-17)21-13-15-23-16-7-4-3-5-8-16/h3-9,14H,2,10-13,15H2,1H3,(H2,19,20,21). The van der Waals surface area contributed by atoms with E-state index in [0.717, 1.165) is 43.4 Å². The van der Waals surface area contributed by atoms with Crippen LogP contribution in [0.25, 0.3) is 0 Å². The van der Waals surface area contributed by atoms with Crippen LogP contribution in [-0.4, -0.2) is 32.2 Å². The van der Waals surface area contributed by atoms with Gasteiger partial charge in [0.2, 0.25) is 0 Å². The molecule has 1 aromatic carbocycles. The predicted octanol–water partition coefficient (Wildman–Crippen LogP) is 2.85. The molecule has 5 heteroatoms. The van der Waals surface area contributed by atoms with Gasteiger partial charge in [-0.1, -0.05) is 25.1 Å². The van der Waals surface area contributed by atoms with Gasteiger partial charge >= 0.3 is 0 Å². The zero-order chi connectivity index (χ0) is 16.2. The lowest BCUT2D eigenvalue weighted by Gasteiger charge is -2.12. The summed E-state index contributed by atoms with van der Waals surface area (Å²) in [5.41, 5.74) is 0. The maximum absolute atomic E-state index is 5.66. The summed E-state index contributed by atoms with van der Waals surface area (Å²) in [6, 6.07) is 13.7. The van der Waals surface area contributed by atoms with Crippen molar-refractivity contribution in [3.05, 3.63) is 54.5 Å². The van der Waals surface area contributed by atoms with Crippen LogP contribution in [0.2, 0.25) is 0 Å². The van der Waals surface area contributed by atoms with Crippen molar-refractivity contribution in [2.24, 2.45) is 4.99 Å². The quantitative estimate of drug-likeness (QED) is 0.424. The Hall–Kier alpha value is -2.43. The molecule has 5 nitrogen and oxygen atoms in total. The average molecular weight is 315 g/mol. The van der Waals surface area contributed by atoms with E-state index in [1.807, 2.05) is 42.5 Å². The molecule has 0 atom stereocenters. The van der Waals surface area contributed by atoms with Gasteiger partial charge in [0.15, 0.2) is 5.96 Å². The Kier molecular flexibility index (Phi) is 7.60. The molecule has 1 heterocycles. The van der Waals surface area contributed by atoms with E-state index in [1.165, 1.54) is 0 Å². The highest BCUT2D eigenvalue weighted by atomic mass is 16.5. The third kappa shape index (κ3) is 6.91. The van der Waals surface area contributed by atoms with Gasteiger partial charge in [0.05, 0.1) is 12.8 Å².